The highest BCUT2D eigenvalue weighted by molar-refractivity contribution is 7.98. The summed E-state index contributed by atoms with van der Waals surface area (Å²) in [7, 11) is -3.43. The van der Waals surface area contributed by atoms with E-state index in [4.69, 9.17) is 4.42 Å². The van der Waals surface area contributed by atoms with Crippen molar-refractivity contribution in [3.63, 3.8) is 0 Å². The summed E-state index contributed by atoms with van der Waals surface area (Å²) in [4.78, 5) is 13.5. The standard InChI is InChI=1S/C19H19N3O4S2/c1-12(2)28(24,25)14-8-6-7-13(11-14)18-21-22-19(26-18)20-17(23)15-9-4-5-10-16(15)27-3/h4-12H,1-3H3,(H,20,22,23). The van der Waals surface area contributed by atoms with Crippen LogP contribution in [0.2, 0.25) is 0 Å². The minimum atomic E-state index is -3.43. The minimum absolute atomic E-state index is 0.0620. The predicted octanol–water partition coefficient (Wildman–Crippen LogP) is 3.89. The van der Waals surface area contributed by atoms with Gasteiger partial charge in [-0.1, -0.05) is 23.3 Å². The quantitative estimate of drug-likeness (QED) is 0.607. The Kier molecular flexibility index (Phi) is 5.85. The van der Waals surface area contributed by atoms with E-state index in [9.17, 15) is 13.2 Å². The number of benzene rings is 2. The van der Waals surface area contributed by atoms with Crippen LogP contribution in [-0.4, -0.2) is 36.0 Å². The van der Waals surface area contributed by atoms with Crippen LogP contribution in [0.25, 0.3) is 11.5 Å². The number of hydrogen-bond acceptors (Lipinski definition) is 7. The van der Waals surface area contributed by atoms with Crippen molar-refractivity contribution in [2.24, 2.45) is 0 Å². The second-order valence-corrected chi connectivity index (χ2v) is 9.54. The molecule has 28 heavy (non-hydrogen) atoms. The van der Waals surface area contributed by atoms with Crippen molar-refractivity contribution < 1.29 is 17.6 Å². The molecule has 1 aromatic heterocycles. The molecule has 0 aliphatic heterocycles. The largest absolute Gasteiger partial charge is 0.403 e. The summed E-state index contributed by atoms with van der Waals surface area (Å²) in [6.45, 7) is 3.24. The lowest BCUT2D eigenvalue weighted by Crippen LogP contribution is -2.13. The van der Waals surface area contributed by atoms with Crippen LogP contribution in [-0.2, 0) is 9.84 Å². The first-order valence-corrected chi connectivity index (χ1v) is 11.2. The fraction of sp³-hybridized carbons (Fsp3) is 0.211. The van der Waals surface area contributed by atoms with Gasteiger partial charge in [0.25, 0.3) is 5.91 Å². The second-order valence-electron chi connectivity index (χ2n) is 6.19. The van der Waals surface area contributed by atoms with Gasteiger partial charge in [-0.05, 0) is 50.4 Å². The monoisotopic (exact) mass is 417 g/mol. The van der Waals surface area contributed by atoms with Gasteiger partial charge in [0.1, 0.15) is 0 Å². The fourth-order valence-corrected chi connectivity index (χ4v) is 4.16. The van der Waals surface area contributed by atoms with Crippen LogP contribution in [0.1, 0.15) is 24.2 Å². The number of rotatable bonds is 6. The van der Waals surface area contributed by atoms with E-state index >= 15 is 0 Å². The molecule has 0 spiro atoms. The predicted molar refractivity (Wildman–Crippen MR) is 108 cm³/mol. The summed E-state index contributed by atoms with van der Waals surface area (Å²) in [6.07, 6.45) is 1.88. The van der Waals surface area contributed by atoms with Gasteiger partial charge in [0, 0.05) is 10.5 Å². The maximum absolute atomic E-state index is 12.5. The molecule has 7 nitrogen and oxygen atoms in total. The molecule has 0 atom stereocenters. The van der Waals surface area contributed by atoms with E-state index in [2.05, 4.69) is 15.5 Å². The van der Waals surface area contributed by atoms with Crippen LogP contribution >= 0.6 is 11.8 Å². The van der Waals surface area contributed by atoms with Gasteiger partial charge in [-0.2, -0.15) is 0 Å². The molecular weight excluding hydrogens is 398 g/mol. The second kappa shape index (κ2) is 8.15. The third kappa shape index (κ3) is 4.10. The van der Waals surface area contributed by atoms with E-state index in [0.29, 0.717) is 11.1 Å². The van der Waals surface area contributed by atoms with Gasteiger partial charge in [0.05, 0.1) is 15.7 Å². The Morgan fingerprint density at radius 2 is 1.86 bits per heavy atom. The SMILES string of the molecule is CSc1ccccc1C(=O)Nc1nnc(-c2cccc(S(=O)(=O)C(C)C)c2)o1. The third-order valence-corrected chi connectivity index (χ3v) is 6.98. The molecule has 0 aliphatic rings. The zero-order valence-corrected chi connectivity index (χ0v) is 17.2. The summed E-state index contributed by atoms with van der Waals surface area (Å²) in [5, 5.41) is 9.78. The van der Waals surface area contributed by atoms with Crippen molar-refractivity contribution in [3.8, 4) is 11.5 Å². The zero-order valence-electron chi connectivity index (χ0n) is 15.5. The van der Waals surface area contributed by atoms with Crippen molar-refractivity contribution in [2.45, 2.75) is 28.9 Å². The van der Waals surface area contributed by atoms with Crippen LogP contribution in [0.15, 0.2) is 62.7 Å². The number of anilines is 1. The highest BCUT2D eigenvalue weighted by atomic mass is 32.2. The first-order chi connectivity index (χ1) is 13.3. The molecule has 0 fully saturated rings. The van der Waals surface area contributed by atoms with Crippen molar-refractivity contribution in [1.29, 1.82) is 0 Å². The van der Waals surface area contributed by atoms with Crippen LogP contribution < -0.4 is 5.32 Å². The van der Waals surface area contributed by atoms with Gasteiger partial charge in [0.15, 0.2) is 9.84 Å². The number of thioether (sulfide) groups is 1. The third-order valence-electron chi connectivity index (χ3n) is 4.03. The average Bonchev–Trinajstić information content (AvgIpc) is 3.16. The molecule has 146 valence electrons. The molecule has 3 rings (SSSR count). The van der Waals surface area contributed by atoms with Crippen molar-refractivity contribution in [2.75, 3.05) is 11.6 Å². The first-order valence-electron chi connectivity index (χ1n) is 8.45. The molecule has 0 bridgehead atoms. The van der Waals surface area contributed by atoms with Gasteiger partial charge in [-0.25, -0.2) is 8.42 Å². The number of carbonyl (C=O) groups is 1. The highest BCUT2D eigenvalue weighted by Crippen LogP contribution is 2.25. The lowest BCUT2D eigenvalue weighted by atomic mass is 10.2. The lowest BCUT2D eigenvalue weighted by molar-refractivity contribution is 0.102. The molecule has 0 aliphatic carbocycles. The fourth-order valence-electron chi connectivity index (χ4n) is 2.47. The lowest BCUT2D eigenvalue weighted by Gasteiger charge is -2.08. The smallest absolute Gasteiger partial charge is 0.322 e. The summed E-state index contributed by atoms with van der Waals surface area (Å²) in [5.74, 6) is -0.245. The Morgan fingerprint density at radius 3 is 2.57 bits per heavy atom. The number of nitrogens with zero attached hydrogens (tertiary/aromatic N) is 2. The van der Waals surface area contributed by atoms with E-state index in [0.717, 1.165) is 4.90 Å². The molecular formula is C19H19N3O4S2. The minimum Gasteiger partial charge on any atom is -0.403 e. The Bertz CT molecular complexity index is 1110. The van der Waals surface area contributed by atoms with E-state index < -0.39 is 15.1 Å². The van der Waals surface area contributed by atoms with E-state index in [1.807, 2.05) is 18.4 Å². The summed E-state index contributed by atoms with van der Waals surface area (Å²) in [6, 6.07) is 13.4. The average molecular weight is 418 g/mol. The van der Waals surface area contributed by atoms with Crippen LogP contribution in [0.3, 0.4) is 0 Å². The molecule has 2 aromatic carbocycles. The van der Waals surface area contributed by atoms with E-state index in [1.165, 1.54) is 23.9 Å². The Hall–Kier alpha value is -2.65. The number of amides is 1. The maximum Gasteiger partial charge on any atom is 0.322 e. The van der Waals surface area contributed by atoms with Crippen LogP contribution in [0, 0.1) is 0 Å². The maximum atomic E-state index is 12.5. The number of nitrogens with one attached hydrogen (secondary N) is 1. The van der Waals surface area contributed by atoms with Crippen LogP contribution in [0.5, 0.6) is 0 Å². The van der Waals surface area contributed by atoms with Gasteiger partial charge in [0.2, 0.25) is 5.89 Å². The molecule has 0 saturated carbocycles. The molecule has 0 radical (unpaired) electrons. The zero-order chi connectivity index (χ0) is 20.3. The summed E-state index contributed by atoms with van der Waals surface area (Å²) < 4.78 is 30.2. The molecule has 1 N–H and O–H groups in total. The summed E-state index contributed by atoms with van der Waals surface area (Å²) >= 11 is 1.46. The number of aromatic nitrogens is 2. The topological polar surface area (TPSA) is 102 Å². The normalized spacial score (nSPS) is 11.6. The molecule has 0 unspecified atom stereocenters. The number of carbonyl (C=O) groups excluding carboxylic acids is 1. The van der Waals surface area contributed by atoms with Gasteiger partial charge >= 0.3 is 6.01 Å². The van der Waals surface area contributed by atoms with Crippen molar-refractivity contribution in [1.82, 2.24) is 10.2 Å². The molecule has 3 aromatic rings. The number of hydrogen-bond donors (Lipinski definition) is 1. The Morgan fingerprint density at radius 1 is 1.11 bits per heavy atom. The van der Waals surface area contributed by atoms with Crippen LogP contribution in [0.4, 0.5) is 6.01 Å². The van der Waals surface area contributed by atoms with E-state index in [-0.39, 0.29) is 22.7 Å². The Labute approximate surface area is 167 Å². The Balaban J connectivity index is 1.84. The van der Waals surface area contributed by atoms with Gasteiger partial charge in [-0.3, -0.25) is 10.1 Å². The first kappa shape index (κ1) is 20.1. The highest BCUT2D eigenvalue weighted by Gasteiger charge is 2.21. The number of sulfone groups is 1. The molecule has 1 heterocycles. The summed E-state index contributed by atoms with van der Waals surface area (Å²) in [5.41, 5.74) is 0.957. The molecule has 0 saturated heterocycles. The molecule has 9 heteroatoms. The van der Waals surface area contributed by atoms with Gasteiger partial charge in [-0.15, -0.1) is 16.9 Å². The van der Waals surface area contributed by atoms with Crippen molar-refractivity contribution >= 4 is 33.5 Å². The van der Waals surface area contributed by atoms with Crippen molar-refractivity contribution in [3.05, 3.63) is 54.1 Å². The van der Waals surface area contributed by atoms with Gasteiger partial charge < -0.3 is 4.42 Å². The van der Waals surface area contributed by atoms with E-state index in [1.54, 1.807) is 38.1 Å². The molecule has 1 amide bonds.